The molecule has 2 atom stereocenters. The zero-order chi connectivity index (χ0) is 57.5. The quantitative estimate of drug-likeness (QED) is 0.155. The molecule has 0 N–H and O–H groups in total. The standard InChI is InChI=1S/C78H77BN4O/c1-73(2)40-41-74(3,4)59-44-52(34-36-57(59)73)81-67-49-61-60(75(5,6)42-43-76(61,7)8)48-63(67)79-62-37-35-53(83-64-31-19-18-30-58(64)77(9)38-21-22-39-78(77,83)10)45-66(62)82(65-32-23-29-56-55-28-17-20-33-70(55)84-72(56)65)69-47-54(46-68(81)71(69)79)80(50-24-13-11-14-25-50)51-26-15-12-16-27-51/h11-20,23-37,44-49H,21-22,38-43H2,1-10H3. The van der Waals surface area contributed by atoms with Crippen LogP contribution in [-0.2, 0) is 27.1 Å². The van der Waals surface area contributed by atoms with E-state index in [2.05, 4.69) is 277 Å². The first-order valence-electron chi connectivity index (χ1n) is 31.3. The normalized spacial score (nSPS) is 21.7. The minimum absolute atomic E-state index is 0.000860. The van der Waals surface area contributed by atoms with E-state index in [9.17, 15) is 0 Å². The maximum absolute atomic E-state index is 7.22. The number of anilines is 11. The average Bonchev–Trinajstić information content (AvgIpc) is 1.28. The molecule has 4 heterocycles. The highest BCUT2D eigenvalue weighted by Crippen LogP contribution is 2.62. The van der Waals surface area contributed by atoms with E-state index in [0.717, 1.165) is 76.1 Å². The van der Waals surface area contributed by atoms with Crippen LogP contribution in [0.3, 0.4) is 0 Å². The molecule has 1 fully saturated rings. The van der Waals surface area contributed by atoms with Crippen LogP contribution in [0.25, 0.3) is 21.9 Å². The Morgan fingerprint density at radius 3 is 1.65 bits per heavy atom. The van der Waals surface area contributed by atoms with Gasteiger partial charge >= 0.3 is 0 Å². The van der Waals surface area contributed by atoms with E-state index in [-0.39, 0.29) is 39.3 Å². The summed E-state index contributed by atoms with van der Waals surface area (Å²) in [7, 11) is 0. The number of rotatable bonds is 6. The summed E-state index contributed by atoms with van der Waals surface area (Å²) in [6.07, 6.45) is 9.34. The lowest BCUT2D eigenvalue weighted by atomic mass is 9.33. The minimum Gasteiger partial charge on any atom is -0.454 e. The summed E-state index contributed by atoms with van der Waals surface area (Å²) >= 11 is 0. The molecule has 0 bridgehead atoms. The highest BCUT2D eigenvalue weighted by molar-refractivity contribution is 7.00. The fourth-order valence-electron chi connectivity index (χ4n) is 17.2. The fraction of sp³-hybridized carbons (Fsp3) is 0.308. The monoisotopic (exact) mass is 1100 g/mol. The molecule has 0 amide bonds. The van der Waals surface area contributed by atoms with E-state index < -0.39 is 0 Å². The molecule has 3 aliphatic carbocycles. The van der Waals surface area contributed by atoms with Gasteiger partial charge in [-0.3, -0.25) is 0 Å². The summed E-state index contributed by atoms with van der Waals surface area (Å²) in [5.74, 6) is 0. The molecule has 6 aliphatic rings. The van der Waals surface area contributed by atoms with E-state index >= 15 is 0 Å². The maximum atomic E-state index is 7.22. The largest absolute Gasteiger partial charge is 0.454 e. The van der Waals surface area contributed by atoms with Crippen LogP contribution in [0.15, 0.2) is 192 Å². The van der Waals surface area contributed by atoms with Crippen LogP contribution < -0.4 is 36.0 Å². The second kappa shape index (κ2) is 17.8. The summed E-state index contributed by atoms with van der Waals surface area (Å²) in [6.45, 7) is 24.9. The van der Waals surface area contributed by atoms with Gasteiger partial charge in [0.15, 0.2) is 5.58 Å². The second-order valence-corrected chi connectivity index (χ2v) is 28.9. The minimum atomic E-state index is -0.125. The number of fused-ring (bicyclic) bond motifs is 12. The van der Waals surface area contributed by atoms with Gasteiger partial charge in [-0.05, 0) is 196 Å². The lowest BCUT2D eigenvalue weighted by Gasteiger charge is -2.51. The van der Waals surface area contributed by atoms with E-state index in [1.54, 1.807) is 0 Å². The van der Waals surface area contributed by atoms with Gasteiger partial charge in [-0.1, -0.05) is 178 Å². The van der Waals surface area contributed by atoms with Crippen molar-refractivity contribution in [3.05, 3.63) is 216 Å². The average molecular weight is 1100 g/mol. The molecule has 84 heavy (non-hydrogen) atoms. The Morgan fingerprint density at radius 1 is 0.381 bits per heavy atom. The van der Waals surface area contributed by atoms with Crippen molar-refractivity contribution >= 4 is 108 Å². The molecule has 10 aromatic rings. The molecule has 2 unspecified atom stereocenters. The van der Waals surface area contributed by atoms with E-state index in [0.29, 0.717) is 0 Å². The van der Waals surface area contributed by atoms with Crippen molar-refractivity contribution in [2.24, 2.45) is 0 Å². The van der Waals surface area contributed by atoms with Crippen molar-refractivity contribution in [2.75, 3.05) is 19.6 Å². The molecule has 5 nitrogen and oxygen atoms in total. The van der Waals surface area contributed by atoms with Gasteiger partial charge in [0.25, 0.3) is 6.71 Å². The van der Waals surface area contributed by atoms with Gasteiger partial charge < -0.3 is 24.0 Å². The predicted molar refractivity (Wildman–Crippen MR) is 356 cm³/mol. The summed E-state index contributed by atoms with van der Waals surface area (Å²) in [5, 5.41) is 2.24. The zero-order valence-corrected chi connectivity index (χ0v) is 50.8. The van der Waals surface area contributed by atoms with Gasteiger partial charge in [0.2, 0.25) is 0 Å². The summed E-state index contributed by atoms with van der Waals surface area (Å²) < 4.78 is 7.22. The third-order valence-electron chi connectivity index (χ3n) is 22.3. The molecule has 418 valence electrons. The van der Waals surface area contributed by atoms with Crippen molar-refractivity contribution in [3.63, 3.8) is 0 Å². The molecule has 0 radical (unpaired) electrons. The van der Waals surface area contributed by atoms with Crippen LogP contribution in [0.2, 0.25) is 0 Å². The lowest BCUT2D eigenvalue weighted by molar-refractivity contribution is 0.195. The SMILES string of the molecule is CC1(C)CCC(C)(C)c2cc(N3c4cc5c(cc4B4c6ccc(N7c8ccccc8C8(C)CCCCC78C)cc6N(c6cccc7c6oc6ccccc67)c6cc(N(c7ccccc7)c7ccccc7)cc3c64)C(C)(C)CCC5(C)C)ccc21. The van der Waals surface area contributed by atoms with Gasteiger partial charge in [-0.2, -0.15) is 0 Å². The Labute approximate surface area is 498 Å². The Kier molecular flexibility index (Phi) is 10.9. The Balaban J connectivity index is 1.06. The fourth-order valence-corrected chi connectivity index (χ4v) is 17.2. The summed E-state index contributed by atoms with van der Waals surface area (Å²) in [5.41, 5.74) is 26.0. The Hall–Kier alpha value is -7.96. The molecule has 6 heteroatoms. The van der Waals surface area contributed by atoms with Crippen molar-refractivity contribution in [3.8, 4) is 0 Å². The molecule has 9 aromatic carbocycles. The first-order valence-corrected chi connectivity index (χ1v) is 31.3. The highest BCUT2D eigenvalue weighted by atomic mass is 16.3. The van der Waals surface area contributed by atoms with Crippen molar-refractivity contribution in [1.29, 1.82) is 0 Å². The van der Waals surface area contributed by atoms with Crippen molar-refractivity contribution in [1.82, 2.24) is 0 Å². The van der Waals surface area contributed by atoms with Gasteiger partial charge in [0, 0.05) is 67.4 Å². The zero-order valence-electron chi connectivity index (χ0n) is 50.8. The van der Waals surface area contributed by atoms with E-state index in [1.165, 1.54) is 104 Å². The van der Waals surface area contributed by atoms with Crippen LogP contribution in [0.5, 0.6) is 0 Å². The first-order chi connectivity index (χ1) is 40.4. The number of hydrogen-bond donors (Lipinski definition) is 0. The number of hydrogen-bond acceptors (Lipinski definition) is 5. The Bertz CT molecular complexity index is 4320. The topological polar surface area (TPSA) is 26.1 Å². The second-order valence-electron chi connectivity index (χ2n) is 28.9. The highest BCUT2D eigenvalue weighted by Gasteiger charge is 2.58. The van der Waals surface area contributed by atoms with Crippen LogP contribution in [-0.4, -0.2) is 12.3 Å². The molecule has 0 spiro atoms. The van der Waals surface area contributed by atoms with E-state index in [1.807, 2.05) is 0 Å². The van der Waals surface area contributed by atoms with E-state index in [4.69, 9.17) is 4.42 Å². The Morgan fingerprint density at radius 2 is 0.940 bits per heavy atom. The van der Waals surface area contributed by atoms with Gasteiger partial charge in [-0.15, -0.1) is 0 Å². The van der Waals surface area contributed by atoms with Gasteiger partial charge in [0.1, 0.15) is 5.58 Å². The van der Waals surface area contributed by atoms with Gasteiger partial charge in [-0.25, -0.2) is 0 Å². The van der Waals surface area contributed by atoms with Crippen molar-refractivity contribution < 1.29 is 4.42 Å². The van der Waals surface area contributed by atoms with Crippen molar-refractivity contribution in [2.45, 2.75) is 153 Å². The molecule has 1 aromatic heterocycles. The van der Waals surface area contributed by atoms with Crippen LogP contribution in [0.4, 0.5) is 62.6 Å². The number of furan rings is 1. The summed E-state index contributed by atoms with van der Waals surface area (Å²) in [6, 6.07) is 72.4. The maximum Gasteiger partial charge on any atom is 0.252 e. The summed E-state index contributed by atoms with van der Waals surface area (Å²) in [4.78, 5) is 10.6. The van der Waals surface area contributed by atoms with Crippen LogP contribution in [0.1, 0.15) is 148 Å². The van der Waals surface area contributed by atoms with Crippen LogP contribution >= 0.6 is 0 Å². The lowest BCUT2D eigenvalue weighted by Crippen LogP contribution is -2.62. The number of nitrogens with zero attached hydrogens (tertiary/aromatic N) is 4. The molecular weight excluding hydrogens is 1020 g/mol. The first kappa shape index (κ1) is 51.7. The predicted octanol–water partition coefficient (Wildman–Crippen LogP) is 19.6. The number of benzene rings is 9. The molecular formula is C78H77BN4O. The third kappa shape index (κ3) is 7.21. The third-order valence-corrected chi connectivity index (χ3v) is 22.3. The molecule has 3 aliphatic heterocycles. The molecule has 1 saturated carbocycles. The van der Waals surface area contributed by atoms with Gasteiger partial charge in [0.05, 0.1) is 16.9 Å². The molecule has 0 saturated heterocycles. The smallest absolute Gasteiger partial charge is 0.252 e. The molecule has 16 rings (SSSR count). The number of para-hydroxylation sites is 5. The van der Waals surface area contributed by atoms with Crippen LogP contribution in [0, 0.1) is 0 Å².